The standard InChI is InChI=1S/C24H29N3O4/c1-30-18-7-8-23(31-2)17(13-18)14-26(11-12-28)16-24(29)27-10-9-22-20(15-27)19-5-3-4-6-21(19)25-22/h3-8,13,25,28H,9-12,14-16H2,1-2H3. The Morgan fingerprint density at radius 2 is 2.03 bits per heavy atom. The molecule has 0 unspecified atom stereocenters. The number of ether oxygens (including phenoxy) is 2. The van der Waals surface area contributed by atoms with Crippen molar-refractivity contribution in [1.82, 2.24) is 14.8 Å². The zero-order chi connectivity index (χ0) is 21.8. The van der Waals surface area contributed by atoms with Crippen molar-refractivity contribution < 1.29 is 19.4 Å². The lowest BCUT2D eigenvalue weighted by atomic mass is 10.0. The number of aromatic amines is 1. The monoisotopic (exact) mass is 423 g/mol. The lowest BCUT2D eigenvalue weighted by Gasteiger charge is -2.30. The lowest BCUT2D eigenvalue weighted by Crippen LogP contribution is -2.43. The number of hydrogen-bond acceptors (Lipinski definition) is 5. The van der Waals surface area contributed by atoms with Gasteiger partial charge in [-0.25, -0.2) is 0 Å². The quantitative estimate of drug-likeness (QED) is 0.582. The summed E-state index contributed by atoms with van der Waals surface area (Å²) in [5.74, 6) is 1.53. The van der Waals surface area contributed by atoms with Crippen LogP contribution in [0.4, 0.5) is 0 Å². The topological polar surface area (TPSA) is 78.0 Å². The van der Waals surface area contributed by atoms with Gasteiger partial charge in [0.05, 0.1) is 27.4 Å². The Labute approximate surface area is 182 Å². The fraction of sp³-hybridized carbons (Fsp3) is 0.375. The second-order valence-corrected chi connectivity index (χ2v) is 7.81. The molecule has 7 heteroatoms. The number of carbonyl (C=O) groups is 1. The van der Waals surface area contributed by atoms with Gasteiger partial charge >= 0.3 is 0 Å². The highest BCUT2D eigenvalue weighted by molar-refractivity contribution is 5.86. The minimum absolute atomic E-state index is 0.0217. The Hall–Kier alpha value is -3.03. The van der Waals surface area contributed by atoms with E-state index in [9.17, 15) is 9.90 Å². The Kier molecular flexibility index (Phi) is 6.44. The van der Waals surface area contributed by atoms with Crippen LogP contribution in [0.1, 0.15) is 16.8 Å². The number of nitrogens with one attached hydrogen (secondary N) is 1. The number of benzene rings is 2. The molecule has 0 fully saturated rings. The summed E-state index contributed by atoms with van der Waals surface area (Å²) in [6, 6.07) is 13.8. The molecule has 2 heterocycles. The Morgan fingerprint density at radius 3 is 2.81 bits per heavy atom. The normalized spacial score (nSPS) is 13.5. The van der Waals surface area contributed by atoms with Crippen LogP contribution < -0.4 is 9.47 Å². The fourth-order valence-electron chi connectivity index (χ4n) is 4.27. The molecule has 2 aromatic carbocycles. The number of hydrogen-bond donors (Lipinski definition) is 2. The third-order valence-electron chi connectivity index (χ3n) is 5.89. The molecule has 7 nitrogen and oxygen atoms in total. The molecule has 164 valence electrons. The fourth-order valence-corrected chi connectivity index (χ4v) is 4.27. The summed E-state index contributed by atoms with van der Waals surface area (Å²) < 4.78 is 10.8. The van der Waals surface area contributed by atoms with E-state index in [0.717, 1.165) is 29.0 Å². The summed E-state index contributed by atoms with van der Waals surface area (Å²) in [5.41, 5.74) is 4.46. The molecule has 1 amide bonds. The number of aliphatic hydroxyl groups excluding tert-OH is 1. The van der Waals surface area contributed by atoms with Crippen molar-refractivity contribution in [2.24, 2.45) is 0 Å². The van der Waals surface area contributed by atoms with Crippen LogP contribution in [-0.4, -0.2) is 66.3 Å². The molecule has 0 bridgehead atoms. The van der Waals surface area contributed by atoms with Gasteiger partial charge in [0.2, 0.25) is 5.91 Å². The van der Waals surface area contributed by atoms with Crippen molar-refractivity contribution >= 4 is 16.8 Å². The van der Waals surface area contributed by atoms with Crippen molar-refractivity contribution in [2.45, 2.75) is 19.5 Å². The highest BCUT2D eigenvalue weighted by atomic mass is 16.5. The number of methoxy groups -OCH3 is 2. The molecule has 1 aromatic heterocycles. The van der Waals surface area contributed by atoms with Crippen LogP contribution in [0.5, 0.6) is 11.5 Å². The van der Waals surface area contributed by atoms with E-state index in [1.807, 2.05) is 40.1 Å². The number of aliphatic hydroxyl groups is 1. The van der Waals surface area contributed by atoms with E-state index in [1.54, 1.807) is 14.2 Å². The number of fused-ring (bicyclic) bond motifs is 3. The van der Waals surface area contributed by atoms with Crippen LogP contribution in [0.25, 0.3) is 10.9 Å². The molecule has 31 heavy (non-hydrogen) atoms. The van der Waals surface area contributed by atoms with Gasteiger partial charge in [-0.1, -0.05) is 18.2 Å². The molecule has 0 spiro atoms. The molecule has 0 radical (unpaired) electrons. The van der Waals surface area contributed by atoms with Gasteiger partial charge in [-0.2, -0.15) is 0 Å². The number of carbonyl (C=O) groups excluding carboxylic acids is 1. The van der Waals surface area contributed by atoms with Gasteiger partial charge < -0.3 is 24.5 Å². The third kappa shape index (κ3) is 4.52. The van der Waals surface area contributed by atoms with Crippen LogP contribution in [-0.2, 0) is 24.3 Å². The van der Waals surface area contributed by atoms with Crippen molar-refractivity contribution in [3.05, 3.63) is 59.3 Å². The van der Waals surface area contributed by atoms with Gasteiger partial charge in [0.1, 0.15) is 11.5 Å². The lowest BCUT2D eigenvalue weighted by molar-refractivity contribution is -0.133. The molecule has 4 rings (SSSR count). The average molecular weight is 424 g/mol. The van der Waals surface area contributed by atoms with E-state index in [-0.39, 0.29) is 19.1 Å². The van der Waals surface area contributed by atoms with Crippen LogP contribution in [0.3, 0.4) is 0 Å². The van der Waals surface area contributed by atoms with Gasteiger partial charge in [-0.05, 0) is 24.3 Å². The molecule has 1 aliphatic heterocycles. The zero-order valence-corrected chi connectivity index (χ0v) is 18.1. The van der Waals surface area contributed by atoms with Crippen molar-refractivity contribution in [3.63, 3.8) is 0 Å². The molecule has 1 aliphatic rings. The van der Waals surface area contributed by atoms with E-state index >= 15 is 0 Å². The Morgan fingerprint density at radius 1 is 1.19 bits per heavy atom. The first-order valence-corrected chi connectivity index (χ1v) is 10.5. The van der Waals surface area contributed by atoms with E-state index < -0.39 is 0 Å². The molecule has 0 saturated heterocycles. The number of aromatic nitrogens is 1. The smallest absolute Gasteiger partial charge is 0.237 e. The van der Waals surface area contributed by atoms with Gasteiger partial charge in [0.15, 0.2) is 0 Å². The third-order valence-corrected chi connectivity index (χ3v) is 5.89. The molecule has 3 aromatic rings. The van der Waals surface area contributed by atoms with E-state index in [2.05, 4.69) is 17.1 Å². The van der Waals surface area contributed by atoms with E-state index in [0.29, 0.717) is 26.2 Å². The van der Waals surface area contributed by atoms with E-state index in [1.165, 1.54) is 16.6 Å². The minimum Gasteiger partial charge on any atom is -0.497 e. The SMILES string of the molecule is COc1ccc(OC)c(CN(CCO)CC(=O)N2CCc3[nH]c4ccccc4c3C2)c1. The van der Waals surface area contributed by atoms with Crippen molar-refractivity contribution in [1.29, 1.82) is 0 Å². The van der Waals surface area contributed by atoms with Crippen LogP contribution in [0.15, 0.2) is 42.5 Å². The van der Waals surface area contributed by atoms with E-state index in [4.69, 9.17) is 9.47 Å². The number of H-pyrrole nitrogens is 1. The first kappa shape index (κ1) is 21.2. The van der Waals surface area contributed by atoms with Gasteiger partial charge in [0, 0.05) is 60.3 Å². The summed E-state index contributed by atoms with van der Waals surface area (Å²) in [6.45, 7) is 2.39. The maximum Gasteiger partial charge on any atom is 0.237 e. The second kappa shape index (κ2) is 9.41. The first-order chi connectivity index (χ1) is 15.1. The molecule has 0 atom stereocenters. The molecule has 0 saturated carbocycles. The predicted octanol–water partition coefficient (Wildman–Crippen LogP) is 2.56. The first-order valence-electron chi connectivity index (χ1n) is 10.5. The van der Waals surface area contributed by atoms with Crippen LogP contribution in [0.2, 0.25) is 0 Å². The van der Waals surface area contributed by atoms with Crippen LogP contribution >= 0.6 is 0 Å². The summed E-state index contributed by atoms with van der Waals surface area (Å²) in [7, 11) is 3.25. The highest BCUT2D eigenvalue weighted by Gasteiger charge is 2.25. The zero-order valence-electron chi connectivity index (χ0n) is 18.1. The highest BCUT2D eigenvalue weighted by Crippen LogP contribution is 2.28. The molecular weight excluding hydrogens is 394 g/mol. The van der Waals surface area contributed by atoms with Crippen molar-refractivity contribution in [3.8, 4) is 11.5 Å². The summed E-state index contributed by atoms with van der Waals surface area (Å²) >= 11 is 0. The van der Waals surface area contributed by atoms with Gasteiger partial charge in [-0.3, -0.25) is 9.69 Å². The average Bonchev–Trinajstić information content (AvgIpc) is 3.17. The minimum atomic E-state index is -0.0217. The largest absolute Gasteiger partial charge is 0.497 e. The number of nitrogens with zero attached hydrogens (tertiary/aromatic N) is 2. The predicted molar refractivity (Wildman–Crippen MR) is 119 cm³/mol. The molecule has 2 N–H and O–H groups in total. The Balaban J connectivity index is 1.48. The summed E-state index contributed by atoms with van der Waals surface area (Å²) in [5, 5.41) is 10.7. The number of amides is 1. The van der Waals surface area contributed by atoms with Crippen molar-refractivity contribution in [2.75, 3.05) is 40.5 Å². The van der Waals surface area contributed by atoms with Gasteiger partial charge in [-0.15, -0.1) is 0 Å². The maximum absolute atomic E-state index is 13.2. The van der Waals surface area contributed by atoms with Crippen LogP contribution in [0, 0.1) is 0 Å². The maximum atomic E-state index is 13.2. The Bertz CT molecular complexity index is 1060. The molecule has 0 aliphatic carbocycles. The summed E-state index contributed by atoms with van der Waals surface area (Å²) in [4.78, 5) is 20.5. The summed E-state index contributed by atoms with van der Waals surface area (Å²) in [6.07, 6.45) is 0.819. The second-order valence-electron chi connectivity index (χ2n) is 7.81. The number of para-hydroxylation sites is 1. The van der Waals surface area contributed by atoms with Gasteiger partial charge in [0.25, 0.3) is 0 Å². The number of rotatable bonds is 8. The molecular formula is C24H29N3O4.